The van der Waals surface area contributed by atoms with Crippen LogP contribution in [0.15, 0.2) is 42.7 Å². The fraction of sp³-hybridized carbons (Fsp3) is 0.250. The van der Waals surface area contributed by atoms with Crippen LogP contribution in [-0.2, 0) is 20.6 Å². The Kier molecular flexibility index (Phi) is 6.31. The number of sulfonamides is 1. The van der Waals surface area contributed by atoms with Gasteiger partial charge in [-0.25, -0.2) is 13.1 Å². The van der Waals surface area contributed by atoms with E-state index in [0.29, 0.717) is 22.7 Å². The first-order valence-electron chi connectivity index (χ1n) is 7.31. The first-order valence-corrected chi connectivity index (χ1v) is 8.97. The number of aromatic nitrogens is 1. The maximum absolute atomic E-state index is 12.1. The molecule has 1 heterocycles. The minimum atomic E-state index is -3.69. The van der Waals surface area contributed by atoms with Crippen LogP contribution in [0.3, 0.4) is 0 Å². The van der Waals surface area contributed by atoms with Crippen molar-refractivity contribution < 1.29 is 22.7 Å². The zero-order valence-electron chi connectivity index (χ0n) is 13.9. The normalized spacial score (nSPS) is 11.0. The highest BCUT2D eigenvalue weighted by Crippen LogP contribution is 2.28. The van der Waals surface area contributed by atoms with Gasteiger partial charge in [-0.3, -0.25) is 9.78 Å². The highest BCUT2D eigenvalue weighted by Gasteiger charge is 2.15. The molecule has 2 N–H and O–H groups in total. The number of carbonyl (C=O) groups is 1. The van der Waals surface area contributed by atoms with Crippen LogP contribution in [0.25, 0.3) is 0 Å². The summed E-state index contributed by atoms with van der Waals surface area (Å²) in [5.74, 6) is 0.175. The molecule has 0 saturated heterocycles. The quantitative estimate of drug-likeness (QED) is 0.727. The average molecular weight is 365 g/mol. The van der Waals surface area contributed by atoms with Gasteiger partial charge in [0.15, 0.2) is 11.5 Å². The summed E-state index contributed by atoms with van der Waals surface area (Å²) in [6, 6.07) is 8.14. The third-order valence-corrected chi connectivity index (χ3v) is 4.50. The predicted octanol–water partition coefficient (Wildman–Crippen LogP) is 1.16. The number of methoxy groups -OCH3 is 2. The lowest BCUT2D eigenvalue weighted by atomic mass is 10.2. The Morgan fingerprint density at radius 1 is 1.16 bits per heavy atom. The molecule has 0 bridgehead atoms. The molecule has 0 atom stereocenters. The number of nitrogens with one attached hydrogen (secondary N) is 2. The highest BCUT2D eigenvalue weighted by molar-refractivity contribution is 7.88. The number of amides is 1. The molecule has 25 heavy (non-hydrogen) atoms. The summed E-state index contributed by atoms with van der Waals surface area (Å²) in [5.41, 5.74) is 1.00. The zero-order chi connectivity index (χ0) is 18.3. The van der Waals surface area contributed by atoms with E-state index in [1.54, 1.807) is 36.5 Å². The van der Waals surface area contributed by atoms with E-state index in [4.69, 9.17) is 9.47 Å². The molecular formula is C16H19N3O5S. The minimum absolute atomic E-state index is 0.284. The van der Waals surface area contributed by atoms with E-state index in [2.05, 4.69) is 15.0 Å². The van der Waals surface area contributed by atoms with Crippen LogP contribution >= 0.6 is 0 Å². The number of pyridine rings is 1. The molecule has 0 aliphatic heterocycles. The summed E-state index contributed by atoms with van der Waals surface area (Å²) < 4.78 is 36.8. The van der Waals surface area contributed by atoms with Crippen molar-refractivity contribution in [3.8, 4) is 11.5 Å². The van der Waals surface area contributed by atoms with E-state index in [1.165, 1.54) is 20.4 Å². The molecule has 1 amide bonds. The van der Waals surface area contributed by atoms with Gasteiger partial charge in [0.25, 0.3) is 0 Å². The van der Waals surface area contributed by atoms with Crippen molar-refractivity contribution in [3.63, 3.8) is 0 Å². The lowest BCUT2D eigenvalue weighted by Gasteiger charge is -2.11. The molecule has 0 unspecified atom stereocenters. The minimum Gasteiger partial charge on any atom is -0.493 e. The molecule has 0 fully saturated rings. The molecule has 0 aliphatic rings. The van der Waals surface area contributed by atoms with Gasteiger partial charge in [0.05, 0.1) is 38.4 Å². The first kappa shape index (κ1) is 18.7. The fourth-order valence-electron chi connectivity index (χ4n) is 2.06. The second-order valence-corrected chi connectivity index (χ2v) is 6.87. The Hall–Kier alpha value is -2.65. The molecular weight excluding hydrogens is 346 g/mol. The van der Waals surface area contributed by atoms with Gasteiger partial charge in [0.2, 0.25) is 15.9 Å². The van der Waals surface area contributed by atoms with Crippen molar-refractivity contribution in [2.45, 2.75) is 5.75 Å². The molecule has 1 aromatic heterocycles. The lowest BCUT2D eigenvalue weighted by Crippen LogP contribution is -2.33. The van der Waals surface area contributed by atoms with Crippen molar-refractivity contribution in [3.05, 3.63) is 48.3 Å². The number of benzene rings is 1. The van der Waals surface area contributed by atoms with Crippen LogP contribution in [-0.4, -0.2) is 40.1 Å². The van der Waals surface area contributed by atoms with Gasteiger partial charge in [-0.1, -0.05) is 6.07 Å². The molecule has 2 rings (SSSR count). The lowest BCUT2D eigenvalue weighted by molar-refractivity contribution is -0.115. The number of carbonyl (C=O) groups excluding carboxylic acids is 1. The Bertz CT molecular complexity index is 825. The topological polar surface area (TPSA) is 107 Å². The third kappa shape index (κ3) is 5.73. The summed E-state index contributed by atoms with van der Waals surface area (Å²) in [6.45, 7) is -0.371. The van der Waals surface area contributed by atoms with E-state index in [9.17, 15) is 13.2 Å². The maximum atomic E-state index is 12.1. The van der Waals surface area contributed by atoms with Crippen molar-refractivity contribution >= 4 is 21.6 Å². The van der Waals surface area contributed by atoms with Crippen molar-refractivity contribution in [1.29, 1.82) is 0 Å². The van der Waals surface area contributed by atoms with Gasteiger partial charge < -0.3 is 14.8 Å². The fourth-order valence-corrected chi connectivity index (χ4v) is 3.13. The molecule has 2 aromatic rings. The molecule has 0 spiro atoms. The Labute approximate surface area is 146 Å². The molecule has 134 valence electrons. The summed E-state index contributed by atoms with van der Waals surface area (Å²) in [5, 5.41) is 2.55. The number of ether oxygens (including phenoxy) is 2. The summed E-state index contributed by atoms with van der Waals surface area (Å²) in [6.07, 6.45) is 3.04. The van der Waals surface area contributed by atoms with E-state index in [1.807, 2.05) is 0 Å². The van der Waals surface area contributed by atoms with Crippen molar-refractivity contribution in [1.82, 2.24) is 9.71 Å². The van der Waals surface area contributed by atoms with Gasteiger partial charge in [-0.15, -0.1) is 0 Å². The maximum Gasteiger partial charge on any atom is 0.239 e. The van der Waals surface area contributed by atoms with Gasteiger partial charge >= 0.3 is 0 Å². The average Bonchev–Trinajstić information content (AvgIpc) is 2.60. The monoisotopic (exact) mass is 365 g/mol. The van der Waals surface area contributed by atoms with Crippen LogP contribution in [0.5, 0.6) is 11.5 Å². The SMILES string of the molecule is COc1ccc(CS(=O)(=O)NCC(=O)Nc2cccnc2)cc1OC. The Balaban J connectivity index is 1.94. The van der Waals surface area contributed by atoms with E-state index < -0.39 is 15.9 Å². The number of anilines is 1. The van der Waals surface area contributed by atoms with E-state index in [-0.39, 0.29) is 12.3 Å². The molecule has 0 aliphatic carbocycles. The standard InChI is InChI=1S/C16H19N3O5S/c1-23-14-6-5-12(8-15(14)24-2)11-25(21,22)18-10-16(20)19-13-4-3-7-17-9-13/h3-9,18H,10-11H2,1-2H3,(H,19,20). The van der Waals surface area contributed by atoms with Gasteiger partial charge in [-0.2, -0.15) is 0 Å². The predicted molar refractivity (Wildman–Crippen MR) is 93.0 cm³/mol. The molecule has 1 aromatic carbocycles. The first-order chi connectivity index (χ1) is 11.9. The molecule has 9 heteroatoms. The third-order valence-electron chi connectivity index (χ3n) is 3.20. The smallest absolute Gasteiger partial charge is 0.239 e. The van der Waals surface area contributed by atoms with Gasteiger partial charge in [-0.05, 0) is 29.8 Å². The molecule has 8 nitrogen and oxygen atoms in total. The van der Waals surface area contributed by atoms with Crippen molar-refractivity contribution in [2.75, 3.05) is 26.1 Å². The van der Waals surface area contributed by atoms with Crippen LogP contribution in [0.4, 0.5) is 5.69 Å². The Morgan fingerprint density at radius 3 is 2.56 bits per heavy atom. The number of rotatable bonds is 8. The van der Waals surface area contributed by atoms with Crippen LogP contribution in [0.2, 0.25) is 0 Å². The van der Waals surface area contributed by atoms with Crippen LogP contribution in [0.1, 0.15) is 5.56 Å². The van der Waals surface area contributed by atoms with Gasteiger partial charge in [0, 0.05) is 6.20 Å². The second-order valence-electron chi connectivity index (χ2n) is 5.06. The molecule has 0 radical (unpaired) electrons. The van der Waals surface area contributed by atoms with Crippen molar-refractivity contribution in [2.24, 2.45) is 0 Å². The molecule has 0 saturated carbocycles. The number of nitrogens with zero attached hydrogens (tertiary/aromatic N) is 1. The van der Waals surface area contributed by atoms with E-state index >= 15 is 0 Å². The summed E-state index contributed by atoms with van der Waals surface area (Å²) >= 11 is 0. The van der Waals surface area contributed by atoms with Crippen LogP contribution < -0.4 is 19.5 Å². The van der Waals surface area contributed by atoms with Gasteiger partial charge in [0.1, 0.15) is 0 Å². The van der Waals surface area contributed by atoms with Crippen LogP contribution in [0, 0.1) is 0 Å². The number of hydrogen-bond acceptors (Lipinski definition) is 6. The highest BCUT2D eigenvalue weighted by atomic mass is 32.2. The largest absolute Gasteiger partial charge is 0.493 e. The number of hydrogen-bond donors (Lipinski definition) is 2. The Morgan fingerprint density at radius 2 is 1.92 bits per heavy atom. The summed E-state index contributed by atoms with van der Waals surface area (Å²) in [7, 11) is -0.723. The van der Waals surface area contributed by atoms with E-state index in [0.717, 1.165) is 0 Å². The zero-order valence-corrected chi connectivity index (χ0v) is 14.7. The summed E-state index contributed by atoms with van der Waals surface area (Å²) in [4.78, 5) is 15.7. The second kappa shape index (κ2) is 8.45.